The van der Waals surface area contributed by atoms with Gasteiger partial charge in [0, 0.05) is 0 Å². The van der Waals surface area contributed by atoms with E-state index in [0.717, 1.165) is 0 Å². The summed E-state index contributed by atoms with van der Waals surface area (Å²) in [6.45, 7) is 14.1. The summed E-state index contributed by atoms with van der Waals surface area (Å²) in [7, 11) is 0. The SMILES string of the molecule is CC(C)(C)C1=[C]([Hf][C]2=C(C(C)(C)C)C=CC2)CC=C1. The molecule has 0 N–H and O–H groups in total. The average molecular weight is 421 g/mol. The van der Waals surface area contributed by atoms with Crippen molar-refractivity contribution >= 4 is 0 Å². The van der Waals surface area contributed by atoms with Crippen LogP contribution in [0.2, 0.25) is 0 Å². The van der Waals surface area contributed by atoms with E-state index in [-0.39, 0.29) is 0 Å². The quantitative estimate of drug-likeness (QED) is 0.511. The van der Waals surface area contributed by atoms with Crippen LogP contribution in [0.3, 0.4) is 0 Å². The molecule has 0 fully saturated rings. The van der Waals surface area contributed by atoms with Gasteiger partial charge in [-0.05, 0) is 0 Å². The van der Waals surface area contributed by atoms with Gasteiger partial charge in [-0.1, -0.05) is 0 Å². The Kier molecular flexibility index (Phi) is 4.26. The Bertz CT molecular complexity index is 439. The van der Waals surface area contributed by atoms with E-state index in [0.29, 0.717) is 10.8 Å². The van der Waals surface area contributed by atoms with E-state index < -0.39 is 22.9 Å². The van der Waals surface area contributed by atoms with Crippen LogP contribution in [0.5, 0.6) is 0 Å². The van der Waals surface area contributed by atoms with Crippen LogP contribution < -0.4 is 0 Å². The average Bonchev–Trinajstić information content (AvgIpc) is 2.83. The first kappa shape index (κ1) is 15.2. The zero-order valence-electron chi connectivity index (χ0n) is 13.2. The Morgan fingerprint density at radius 1 is 0.737 bits per heavy atom. The summed E-state index contributed by atoms with van der Waals surface area (Å²) in [5.41, 5.74) is 3.93. The molecule has 0 amide bonds. The zero-order chi connectivity index (χ0) is 14.3. The Morgan fingerprint density at radius 2 is 1.11 bits per heavy atom. The second kappa shape index (κ2) is 5.31. The Hall–Kier alpha value is -0.170. The minimum atomic E-state index is -0.825. The molecule has 2 rings (SSSR count). The molecule has 0 atom stereocenters. The standard InChI is InChI=1S/2C9H13.Hf/c2*1-9(2,3)8-6-4-5-7-8;/h2*4,6H,5H2,1-3H3;. The summed E-state index contributed by atoms with van der Waals surface area (Å²) in [6, 6.07) is 0. The van der Waals surface area contributed by atoms with E-state index in [1.54, 1.807) is 11.1 Å². The molecule has 0 aliphatic heterocycles. The second-order valence-electron chi connectivity index (χ2n) is 7.62. The van der Waals surface area contributed by atoms with E-state index in [4.69, 9.17) is 0 Å². The monoisotopic (exact) mass is 422 g/mol. The molecule has 0 spiro atoms. The number of allylic oxidation sites excluding steroid dienone is 8. The first-order chi connectivity index (χ1) is 8.69. The van der Waals surface area contributed by atoms with Gasteiger partial charge in [-0.15, -0.1) is 0 Å². The second-order valence-corrected chi connectivity index (χ2v) is 12.9. The van der Waals surface area contributed by atoms with Crippen LogP contribution in [-0.2, 0) is 22.9 Å². The van der Waals surface area contributed by atoms with Crippen molar-refractivity contribution in [2.24, 2.45) is 10.8 Å². The van der Waals surface area contributed by atoms with Crippen molar-refractivity contribution in [2.75, 3.05) is 0 Å². The van der Waals surface area contributed by atoms with Crippen molar-refractivity contribution in [3.05, 3.63) is 42.1 Å². The molecular weight excluding hydrogens is 395 g/mol. The molecule has 0 saturated heterocycles. The molecule has 0 aromatic rings. The van der Waals surface area contributed by atoms with Crippen molar-refractivity contribution < 1.29 is 22.9 Å². The molecule has 0 unspecified atom stereocenters. The molecule has 0 aromatic heterocycles. The number of hydrogen-bond acceptors (Lipinski definition) is 0. The summed E-state index contributed by atoms with van der Waals surface area (Å²) in [6.07, 6.45) is 12.0. The first-order valence-electron chi connectivity index (χ1n) is 7.27. The summed E-state index contributed by atoms with van der Waals surface area (Å²) < 4.78 is 3.65. The third kappa shape index (κ3) is 3.48. The summed E-state index contributed by atoms with van der Waals surface area (Å²) >= 11 is -0.825. The molecule has 2 aliphatic rings. The summed E-state index contributed by atoms with van der Waals surface area (Å²) in [5, 5.41) is 0. The van der Waals surface area contributed by atoms with Crippen LogP contribution in [0.4, 0.5) is 0 Å². The van der Waals surface area contributed by atoms with Gasteiger partial charge in [-0.2, -0.15) is 0 Å². The van der Waals surface area contributed by atoms with Gasteiger partial charge in [0.05, 0.1) is 0 Å². The topological polar surface area (TPSA) is 0 Å². The van der Waals surface area contributed by atoms with E-state index in [1.807, 2.05) is 6.66 Å². The molecule has 0 saturated carbocycles. The molecular formula is C18H26Hf. The van der Waals surface area contributed by atoms with Gasteiger partial charge in [0.25, 0.3) is 0 Å². The maximum absolute atomic E-state index is 2.39. The molecule has 0 aromatic carbocycles. The van der Waals surface area contributed by atoms with Gasteiger partial charge >= 0.3 is 130 Å². The van der Waals surface area contributed by atoms with Crippen LogP contribution in [0.1, 0.15) is 54.4 Å². The van der Waals surface area contributed by atoms with E-state index in [1.165, 1.54) is 12.8 Å². The Morgan fingerprint density at radius 3 is 1.42 bits per heavy atom. The van der Waals surface area contributed by atoms with Gasteiger partial charge in [-0.25, -0.2) is 0 Å². The van der Waals surface area contributed by atoms with Gasteiger partial charge in [0.1, 0.15) is 0 Å². The van der Waals surface area contributed by atoms with Crippen molar-refractivity contribution in [1.82, 2.24) is 0 Å². The molecule has 0 nitrogen and oxygen atoms in total. The van der Waals surface area contributed by atoms with Crippen LogP contribution in [0, 0.1) is 10.8 Å². The molecule has 0 radical (unpaired) electrons. The Labute approximate surface area is 130 Å². The van der Waals surface area contributed by atoms with Crippen LogP contribution >= 0.6 is 0 Å². The molecule has 19 heavy (non-hydrogen) atoms. The predicted octanol–water partition coefficient (Wildman–Crippen LogP) is 5.59. The van der Waals surface area contributed by atoms with Crippen LogP contribution in [-0.4, -0.2) is 0 Å². The van der Waals surface area contributed by atoms with Gasteiger partial charge in [0.15, 0.2) is 0 Å². The van der Waals surface area contributed by atoms with Crippen molar-refractivity contribution in [3.63, 3.8) is 0 Å². The molecule has 0 bridgehead atoms. The Balaban J connectivity index is 2.28. The number of rotatable bonds is 2. The van der Waals surface area contributed by atoms with E-state index in [9.17, 15) is 0 Å². The zero-order valence-corrected chi connectivity index (χ0v) is 16.8. The fourth-order valence-electron chi connectivity index (χ4n) is 2.83. The third-order valence-corrected chi connectivity index (χ3v) is 9.35. The van der Waals surface area contributed by atoms with Crippen molar-refractivity contribution in [3.8, 4) is 0 Å². The van der Waals surface area contributed by atoms with Crippen LogP contribution in [0.15, 0.2) is 42.1 Å². The van der Waals surface area contributed by atoms with E-state index >= 15 is 0 Å². The molecule has 102 valence electrons. The van der Waals surface area contributed by atoms with Crippen LogP contribution in [0.25, 0.3) is 0 Å². The van der Waals surface area contributed by atoms with Gasteiger partial charge in [-0.3, -0.25) is 0 Å². The molecule has 0 heterocycles. The predicted molar refractivity (Wildman–Crippen MR) is 80.5 cm³/mol. The summed E-state index contributed by atoms with van der Waals surface area (Å²) in [5.74, 6) is 0. The molecule has 2 aliphatic carbocycles. The van der Waals surface area contributed by atoms with Gasteiger partial charge < -0.3 is 0 Å². The fraction of sp³-hybridized carbons (Fsp3) is 0.556. The van der Waals surface area contributed by atoms with Crippen molar-refractivity contribution in [1.29, 1.82) is 0 Å². The normalized spacial score (nSPS) is 19.9. The maximum atomic E-state index is 2.39. The minimum absolute atomic E-state index is 0.323. The third-order valence-electron chi connectivity index (χ3n) is 3.78. The van der Waals surface area contributed by atoms with E-state index in [2.05, 4.69) is 65.8 Å². The van der Waals surface area contributed by atoms with Gasteiger partial charge in [0.2, 0.25) is 0 Å². The fourth-order valence-corrected chi connectivity index (χ4v) is 9.98. The summed E-state index contributed by atoms with van der Waals surface area (Å²) in [4.78, 5) is 0. The first-order valence-corrected chi connectivity index (χ1v) is 10.9. The van der Waals surface area contributed by atoms with Crippen molar-refractivity contribution in [2.45, 2.75) is 54.4 Å². The number of hydrogen-bond donors (Lipinski definition) is 0. The molecule has 1 heteroatoms.